The van der Waals surface area contributed by atoms with Crippen molar-refractivity contribution >= 4 is 29.5 Å². The summed E-state index contributed by atoms with van der Waals surface area (Å²) < 4.78 is 5.91. The lowest BCUT2D eigenvalue weighted by Crippen LogP contribution is -2.52. The third kappa shape index (κ3) is 10.4. The van der Waals surface area contributed by atoms with Gasteiger partial charge in [0.15, 0.2) is 0 Å². The first-order chi connectivity index (χ1) is 20.5. The molecule has 2 aromatic carbocycles. The van der Waals surface area contributed by atoms with Crippen LogP contribution in [0.5, 0.6) is 5.75 Å². The molecule has 5 amide bonds. The first kappa shape index (κ1) is 33.1. The molecular formula is C32H43N5O6. The van der Waals surface area contributed by atoms with E-state index in [4.69, 9.17) is 4.74 Å². The average Bonchev–Trinajstić information content (AvgIpc) is 2.98. The van der Waals surface area contributed by atoms with Crippen LogP contribution < -0.4 is 26.0 Å². The summed E-state index contributed by atoms with van der Waals surface area (Å²) in [5, 5.41) is 11.2. The Hall–Kier alpha value is -4.41. The van der Waals surface area contributed by atoms with E-state index in [1.807, 2.05) is 44.2 Å². The van der Waals surface area contributed by atoms with Crippen molar-refractivity contribution in [2.24, 2.45) is 5.92 Å². The molecule has 0 radical (unpaired) electrons. The third-order valence-electron chi connectivity index (χ3n) is 7.15. The maximum absolute atomic E-state index is 13.4. The largest absolute Gasteiger partial charge is 0.491 e. The predicted octanol–water partition coefficient (Wildman–Crippen LogP) is 1.81. The fourth-order valence-electron chi connectivity index (χ4n) is 4.62. The standard InChI is InChI=1S/C32H43N5O6/c1-21(2)29-32(42)34-22(3)20-43-26-14-9-8-13-24(26)30(40)35-25(19-28(39)37(4)18-10-15-27(38)36-29)31(41)33-17-16-23-11-6-5-7-12-23/h5-9,11-14,21-22,25,29H,10,15-20H2,1-4H3,(H,33,41)(H,34,42)(H,35,40)(H,36,38)/t22-,25-,29+/m0/s1. The Morgan fingerprint density at radius 2 is 1.70 bits per heavy atom. The molecule has 0 aromatic heterocycles. The van der Waals surface area contributed by atoms with Crippen LogP contribution in [0.25, 0.3) is 0 Å². The lowest BCUT2D eigenvalue weighted by Gasteiger charge is -2.24. The van der Waals surface area contributed by atoms with E-state index in [1.54, 1.807) is 38.2 Å². The molecule has 2 aromatic rings. The Morgan fingerprint density at radius 3 is 2.42 bits per heavy atom. The molecule has 0 unspecified atom stereocenters. The fraction of sp³-hybridized carbons (Fsp3) is 0.469. The number of carbonyl (C=O) groups is 5. The number of ether oxygens (including phenoxy) is 1. The summed E-state index contributed by atoms with van der Waals surface area (Å²) in [4.78, 5) is 66.8. The van der Waals surface area contributed by atoms with E-state index in [-0.39, 0.29) is 60.9 Å². The van der Waals surface area contributed by atoms with Gasteiger partial charge in [0.05, 0.1) is 18.0 Å². The van der Waals surface area contributed by atoms with Gasteiger partial charge in [-0.25, -0.2) is 0 Å². The zero-order valence-electron chi connectivity index (χ0n) is 25.4. The SMILES string of the molecule is CC(C)[C@H]1NC(=O)CCCN(C)C(=O)C[C@@H](C(=O)NCCc2ccccc2)NC(=O)c2ccccc2OC[C@H](C)NC1=O. The van der Waals surface area contributed by atoms with Crippen LogP contribution in [-0.2, 0) is 25.6 Å². The lowest BCUT2D eigenvalue weighted by atomic mass is 10.0. The van der Waals surface area contributed by atoms with Crippen LogP contribution in [-0.4, -0.2) is 79.3 Å². The molecule has 0 aliphatic carbocycles. The first-order valence-corrected chi connectivity index (χ1v) is 14.7. The fourth-order valence-corrected chi connectivity index (χ4v) is 4.62. The Kier molecular flexibility index (Phi) is 12.5. The van der Waals surface area contributed by atoms with Gasteiger partial charge in [0.25, 0.3) is 5.91 Å². The van der Waals surface area contributed by atoms with Gasteiger partial charge in [0.2, 0.25) is 23.6 Å². The minimum absolute atomic E-state index is 0.0570. The van der Waals surface area contributed by atoms with E-state index in [1.165, 1.54) is 4.90 Å². The smallest absolute Gasteiger partial charge is 0.255 e. The average molecular weight is 594 g/mol. The molecule has 0 spiro atoms. The Morgan fingerprint density at radius 1 is 1.00 bits per heavy atom. The minimum Gasteiger partial charge on any atom is -0.491 e. The van der Waals surface area contributed by atoms with E-state index in [9.17, 15) is 24.0 Å². The number of amides is 5. The first-order valence-electron chi connectivity index (χ1n) is 14.7. The van der Waals surface area contributed by atoms with Gasteiger partial charge in [-0.1, -0.05) is 56.3 Å². The summed E-state index contributed by atoms with van der Waals surface area (Å²) in [7, 11) is 1.59. The van der Waals surface area contributed by atoms with E-state index in [2.05, 4.69) is 21.3 Å². The topological polar surface area (TPSA) is 146 Å². The number of para-hydroxylation sites is 1. The summed E-state index contributed by atoms with van der Waals surface area (Å²) in [6.45, 7) is 6.10. The van der Waals surface area contributed by atoms with Gasteiger partial charge in [-0.15, -0.1) is 0 Å². The summed E-state index contributed by atoms with van der Waals surface area (Å²) >= 11 is 0. The quantitative estimate of drug-likeness (QED) is 0.416. The van der Waals surface area contributed by atoms with Gasteiger partial charge in [0.1, 0.15) is 24.4 Å². The number of nitrogens with one attached hydrogen (secondary N) is 4. The molecule has 11 heteroatoms. The second kappa shape index (κ2) is 16.3. The van der Waals surface area contributed by atoms with Crippen molar-refractivity contribution in [1.82, 2.24) is 26.2 Å². The highest BCUT2D eigenvalue weighted by molar-refractivity contribution is 6.00. The van der Waals surface area contributed by atoms with Crippen LogP contribution in [0.1, 0.15) is 56.0 Å². The molecule has 0 fully saturated rings. The van der Waals surface area contributed by atoms with Gasteiger partial charge in [-0.3, -0.25) is 24.0 Å². The second-order valence-electron chi connectivity index (χ2n) is 11.2. The van der Waals surface area contributed by atoms with Crippen molar-refractivity contribution in [3.8, 4) is 5.75 Å². The molecule has 0 saturated heterocycles. The van der Waals surface area contributed by atoms with Crippen molar-refractivity contribution in [3.63, 3.8) is 0 Å². The van der Waals surface area contributed by atoms with Crippen molar-refractivity contribution in [3.05, 3.63) is 65.7 Å². The Labute approximate surface area is 253 Å². The van der Waals surface area contributed by atoms with Crippen molar-refractivity contribution in [2.75, 3.05) is 26.7 Å². The van der Waals surface area contributed by atoms with Gasteiger partial charge < -0.3 is 30.9 Å². The van der Waals surface area contributed by atoms with Crippen molar-refractivity contribution in [2.45, 2.75) is 64.6 Å². The molecule has 43 heavy (non-hydrogen) atoms. The lowest BCUT2D eigenvalue weighted by molar-refractivity contribution is -0.134. The van der Waals surface area contributed by atoms with E-state index in [0.717, 1.165) is 5.56 Å². The van der Waals surface area contributed by atoms with Gasteiger partial charge in [-0.2, -0.15) is 0 Å². The van der Waals surface area contributed by atoms with E-state index >= 15 is 0 Å². The zero-order chi connectivity index (χ0) is 31.4. The number of rotatable bonds is 5. The minimum atomic E-state index is -1.14. The maximum Gasteiger partial charge on any atom is 0.255 e. The number of fused-ring (bicyclic) bond motifs is 1. The number of hydrogen-bond acceptors (Lipinski definition) is 6. The highest BCUT2D eigenvalue weighted by Crippen LogP contribution is 2.19. The number of carbonyl (C=O) groups excluding carboxylic acids is 5. The van der Waals surface area contributed by atoms with E-state index in [0.29, 0.717) is 19.4 Å². The molecule has 11 nitrogen and oxygen atoms in total. The summed E-state index contributed by atoms with van der Waals surface area (Å²) in [5.41, 5.74) is 1.23. The van der Waals surface area contributed by atoms with Gasteiger partial charge in [-0.05, 0) is 43.4 Å². The zero-order valence-corrected chi connectivity index (χ0v) is 25.4. The predicted molar refractivity (Wildman–Crippen MR) is 162 cm³/mol. The van der Waals surface area contributed by atoms with Crippen molar-refractivity contribution < 1.29 is 28.7 Å². The monoisotopic (exact) mass is 593 g/mol. The van der Waals surface area contributed by atoms with Crippen LogP contribution >= 0.6 is 0 Å². The molecule has 0 bridgehead atoms. The number of benzene rings is 2. The summed E-state index contributed by atoms with van der Waals surface area (Å²) in [5.74, 6) is -1.94. The summed E-state index contributed by atoms with van der Waals surface area (Å²) in [6.07, 6.45) is 0.798. The second-order valence-corrected chi connectivity index (χ2v) is 11.2. The summed E-state index contributed by atoms with van der Waals surface area (Å²) in [6, 6.07) is 13.9. The molecule has 232 valence electrons. The number of hydrogen-bond donors (Lipinski definition) is 4. The van der Waals surface area contributed by atoms with Gasteiger partial charge >= 0.3 is 0 Å². The van der Waals surface area contributed by atoms with Crippen LogP contribution in [0.4, 0.5) is 0 Å². The molecule has 4 N–H and O–H groups in total. The molecule has 1 heterocycles. The molecule has 3 atom stereocenters. The third-order valence-corrected chi connectivity index (χ3v) is 7.15. The normalized spacial score (nSPS) is 21.2. The highest BCUT2D eigenvalue weighted by atomic mass is 16.5. The van der Waals surface area contributed by atoms with Crippen LogP contribution in [0.15, 0.2) is 54.6 Å². The van der Waals surface area contributed by atoms with Crippen LogP contribution in [0.2, 0.25) is 0 Å². The molecule has 0 saturated carbocycles. The number of nitrogens with zero attached hydrogens (tertiary/aromatic N) is 1. The molecule has 1 aliphatic rings. The van der Waals surface area contributed by atoms with Crippen LogP contribution in [0.3, 0.4) is 0 Å². The molecular weight excluding hydrogens is 550 g/mol. The Balaban J connectivity index is 1.81. The highest BCUT2D eigenvalue weighted by Gasteiger charge is 2.28. The van der Waals surface area contributed by atoms with E-state index < -0.39 is 29.9 Å². The van der Waals surface area contributed by atoms with Crippen molar-refractivity contribution in [1.29, 1.82) is 0 Å². The molecule has 3 rings (SSSR count). The Bertz CT molecular complexity index is 1270. The van der Waals surface area contributed by atoms with Crippen LogP contribution in [0, 0.1) is 5.92 Å². The maximum atomic E-state index is 13.4. The molecule has 1 aliphatic heterocycles. The van der Waals surface area contributed by atoms with Gasteiger partial charge in [0, 0.05) is 26.6 Å².